The third-order valence-electron chi connectivity index (χ3n) is 3.74. The minimum absolute atomic E-state index is 0.109. The monoisotopic (exact) mass is 314 g/mol. The zero-order chi connectivity index (χ0) is 17.0. The highest BCUT2D eigenvalue weighted by molar-refractivity contribution is 5.81. The fourth-order valence-corrected chi connectivity index (χ4v) is 2.67. The molecular weight excluding hydrogens is 288 g/mol. The van der Waals surface area contributed by atoms with Crippen molar-refractivity contribution in [1.82, 2.24) is 15.1 Å². The average molecular weight is 314 g/mol. The van der Waals surface area contributed by atoms with Gasteiger partial charge in [0.2, 0.25) is 5.91 Å². The average Bonchev–Trinajstić information content (AvgIpc) is 2.83. The lowest BCUT2D eigenvalue weighted by atomic mass is 10.0. The van der Waals surface area contributed by atoms with Gasteiger partial charge in [-0.05, 0) is 43.9 Å². The normalized spacial score (nSPS) is 12.4. The number of carbonyl (C=O) groups excluding carboxylic acids is 1. The molecule has 0 saturated heterocycles. The maximum absolute atomic E-state index is 12.1. The van der Waals surface area contributed by atoms with E-state index in [9.17, 15) is 4.79 Å². The first kappa shape index (κ1) is 17.2. The van der Waals surface area contributed by atoms with Gasteiger partial charge in [0.25, 0.3) is 0 Å². The zero-order valence-electron chi connectivity index (χ0n) is 14.3. The van der Waals surface area contributed by atoms with Crippen LogP contribution in [-0.2, 0) is 11.3 Å². The summed E-state index contributed by atoms with van der Waals surface area (Å²) in [4.78, 5) is 12.1. The Hall–Kier alpha value is -2.14. The van der Waals surface area contributed by atoms with Crippen molar-refractivity contribution in [3.8, 4) is 5.69 Å². The fraction of sp³-hybridized carbons (Fsp3) is 0.444. The molecule has 0 unspecified atom stereocenters. The Kier molecular flexibility index (Phi) is 5.55. The van der Waals surface area contributed by atoms with Gasteiger partial charge in [0.05, 0.1) is 17.4 Å². The Balaban J connectivity index is 2.13. The van der Waals surface area contributed by atoms with Gasteiger partial charge in [-0.15, -0.1) is 0 Å². The molecule has 1 atom stereocenters. The van der Waals surface area contributed by atoms with Crippen LogP contribution in [0.3, 0.4) is 0 Å². The summed E-state index contributed by atoms with van der Waals surface area (Å²) in [6, 6.07) is 9.52. The van der Waals surface area contributed by atoms with Crippen LogP contribution in [0.5, 0.6) is 0 Å². The summed E-state index contributed by atoms with van der Waals surface area (Å²) >= 11 is 0. The Morgan fingerprint density at radius 3 is 2.61 bits per heavy atom. The molecule has 124 valence electrons. The number of benzene rings is 1. The Labute approximate surface area is 137 Å². The number of nitrogens with two attached hydrogens (primary N) is 1. The van der Waals surface area contributed by atoms with Gasteiger partial charge in [0.15, 0.2) is 0 Å². The van der Waals surface area contributed by atoms with E-state index in [1.807, 2.05) is 48.9 Å². The summed E-state index contributed by atoms with van der Waals surface area (Å²) in [5.74, 6) is 0.291. The van der Waals surface area contributed by atoms with Crippen molar-refractivity contribution in [3.05, 3.63) is 47.3 Å². The van der Waals surface area contributed by atoms with Crippen LogP contribution in [-0.4, -0.2) is 21.7 Å². The van der Waals surface area contributed by atoms with Crippen LogP contribution in [0.2, 0.25) is 0 Å². The molecular formula is C18H26N4O. The summed E-state index contributed by atoms with van der Waals surface area (Å²) in [5, 5.41) is 7.46. The lowest BCUT2D eigenvalue weighted by molar-refractivity contribution is -0.122. The first-order chi connectivity index (χ1) is 10.9. The molecule has 0 aliphatic carbocycles. The number of hydrogen-bond acceptors (Lipinski definition) is 3. The smallest absolute Gasteiger partial charge is 0.237 e. The number of aromatic nitrogens is 2. The molecule has 1 aromatic heterocycles. The summed E-state index contributed by atoms with van der Waals surface area (Å²) in [6.07, 6.45) is 0.685. The van der Waals surface area contributed by atoms with Gasteiger partial charge >= 0.3 is 0 Å². The van der Waals surface area contributed by atoms with E-state index in [0.717, 1.165) is 22.6 Å². The zero-order valence-corrected chi connectivity index (χ0v) is 14.3. The number of rotatable bonds is 6. The number of nitrogens with zero attached hydrogens (tertiary/aromatic N) is 2. The van der Waals surface area contributed by atoms with E-state index in [1.165, 1.54) is 0 Å². The highest BCUT2D eigenvalue weighted by Gasteiger charge is 2.15. The van der Waals surface area contributed by atoms with Crippen LogP contribution in [0, 0.1) is 19.8 Å². The van der Waals surface area contributed by atoms with Crippen LogP contribution in [0.1, 0.15) is 37.2 Å². The SMILES string of the molecule is Cc1cc(C)n(-c2ccccc2CNC(=O)[C@@H](N)CC(C)C)n1. The summed E-state index contributed by atoms with van der Waals surface area (Å²) < 4.78 is 1.91. The Morgan fingerprint density at radius 1 is 1.30 bits per heavy atom. The van der Waals surface area contributed by atoms with Crippen LogP contribution in [0.4, 0.5) is 0 Å². The molecule has 2 rings (SSSR count). The topological polar surface area (TPSA) is 72.9 Å². The first-order valence-corrected chi connectivity index (χ1v) is 8.03. The van der Waals surface area contributed by atoms with E-state index in [-0.39, 0.29) is 5.91 Å². The molecule has 3 N–H and O–H groups in total. The van der Waals surface area contributed by atoms with Gasteiger partial charge in [-0.2, -0.15) is 5.10 Å². The van der Waals surface area contributed by atoms with E-state index in [1.54, 1.807) is 0 Å². The summed E-state index contributed by atoms with van der Waals surface area (Å²) in [7, 11) is 0. The van der Waals surface area contributed by atoms with Crippen molar-refractivity contribution in [2.24, 2.45) is 11.7 Å². The molecule has 2 aromatic rings. The number of carbonyl (C=O) groups is 1. The summed E-state index contributed by atoms with van der Waals surface area (Å²) in [5.41, 5.74) is 9.97. The van der Waals surface area contributed by atoms with Crippen LogP contribution < -0.4 is 11.1 Å². The molecule has 1 heterocycles. The Bertz CT molecular complexity index is 675. The predicted octanol–water partition coefficient (Wildman–Crippen LogP) is 2.48. The third-order valence-corrected chi connectivity index (χ3v) is 3.74. The molecule has 0 radical (unpaired) electrons. The predicted molar refractivity (Wildman–Crippen MR) is 92.3 cm³/mol. The Morgan fingerprint density at radius 2 is 2.00 bits per heavy atom. The van der Waals surface area contributed by atoms with Crippen LogP contribution >= 0.6 is 0 Å². The minimum atomic E-state index is -0.462. The van der Waals surface area contributed by atoms with Crippen molar-refractivity contribution in [2.45, 2.75) is 46.7 Å². The molecule has 0 aliphatic rings. The second kappa shape index (κ2) is 7.42. The van der Waals surface area contributed by atoms with E-state index >= 15 is 0 Å². The van der Waals surface area contributed by atoms with Crippen molar-refractivity contribution < 1.29 is 4.79 Å². The minimum Gasteiger partial charge on any atom is -0.351 e. The molecule has 0 fully saturated rings. The number of hydrogen-bond donors (Lipinski definition) is 2. The van der Waals surface area contributed by atoms with Crippen LogP contribution in [0.15, 0.2) is 30.3 Å². The lowest BCUT2D eigenvalue weighted by Crippen LogP contribution is -2.41. The maximum atomic E-state index is 12.1. The molecule has 1 amide bonds. The van der Waals surface area contributed by atoms with E-state index in [2.05, 4.69) is 24.3 Å². The quantitative estimate of drug-likeness (QED) is 0.860. The van der Waals surface area contributed by atoms with Crippen molar-refractivity contribution in [2.75, 3.05) is 0 Å². The number of amides is 1. The number of nitrogens with one attached hydrogen (secondary N) is 1. The molecule has 5 heteroatoms. The summed E-state index contributed by atoms with van der Waals surface area (Å²) in [6.45, 7) is 8.56. The molecule has 0 aliphatic heterocycles. The van der Waals surface area contributed by atoms with Gasteiger partial charge in [-0.3, -0.25) is 4.79 Å². The van der Waals surface area contributed by atoms with Gasteiger partial charge in [-0.1, -0.05) is 32.0 Å². The highest BCUT2D eigenvalue weighted by atomic mass is 16.2. The fourth-order valence-electron chi connectivity index (χ4n) is 2.67. The van der Waals surface area contributed by atoms with E-state index in [4.69, 9.17) is 5.73 Å². The number of aryl methyl sites for hydroxylation is 2. The third kappa shape index (κ3) is 4.42. The molecule has 1 aromatic carbocycles. The van der Waals surface area contributed by atoms with Gasteiger partial charge in [-0.25, -0.2) is 4.68 Å². The van der Waals surface area contributed by atoms with E-state index in [0.29, 0.717) is 18.9 Å². The molecule has 23 heavy (non-hydrogen) atoms. The van der Waals surface area contributed by atoms with Gasteiger partial charge < -0.3 is 11.1 Å². The van der Waals surface area contributed by atoms with Gasteiger partial charge in [0, 0.05) is 12.2 Å². The highest BCUT2D eigenvalue weighted by Crippen LogP contribution is 2.17. The van der Waals surface area contributed by atoms with Crippen molar-refractivity contribution in [1.29, 1.82) is 0 Å². The standard InChI is InChI=1S/C18H26N4O/c1-12(2)9-16(19)18(23)20-11-15-7-5-6-8-17(15)22-14(4)10-13(3)21-22/h5-8,10,12,16H,9,11,19H2,1-4H3,(H,20,23)/t16-/m0/s1. The van der Waals surface area contributed by atoms with Gasteiger partial charge in [0.1, 0.15) is 0 Å². The van der Waals surface area contributed by atoms with Crippen molar-refractivity contribution in [3.63, 3.8) is 0 Å². The lowest BCUT2D eigenvalue weighted by Gasteiger charge is -2.16. The van der Waals surface area contributed by atoms with E-state index < -0.39 is 6.04 Å². The second-order valence-electron chi connectivity index (χ2n) is 6.42. The second-order valence-corrected chi connectivity index (χ2v) is 6.42. The largest absolute Gasteiger partial charge is 0.351 e. The molecule has 0 spiro atoms. The molecule has 0 bridgehead atoms. The molecule has 0 saturated carbocycles. The maximum Gasteiger partial charge on any atom is 0.237 e. The number of para-hydroxylation sites is 1. The first-order valence-electron chi connectivity index (χ1n) is 8.03. The van der Waals surface area contributed by atoms with Crippen LogP contribution in [0.25, 0.3) is 5.69 Å². The van der Waals surface area contributed by atoms with Crippen molar-refractivity contribution >= 4 is 5.91 Å². The molecule has 5 nitrogen and oxygen atoms in total.